The van der Waals surface area contributed by atoms with Gasteiger partial charge in [0, 0.05) is 0 Å². The summed E-state index contributed by atoms with van der Waals surface area (Å²) in [6, 6.07) is 5.38. The molecule has 0 heterocycles. The van der Waals surface area contributed by atoms with E-state index in [0.29, 0.717) is 12.1 Å². The Labute approximate surface area is 123 Å². The standard InChI is InChI=1S/C14H9F5O2S/c15-8-14(18,19)12-6-5-11(7-13(12)17)22(20,21)10-3-1-9(16)2-4-10/h1-7H,8H2. The van der Waals surface area contributed by atoms with Crippen LogP contribution < -0.4 is 0 Å². The molecule has 0 unspecified atom stereocenters. The maximum absolute atomic E-state index is 13.7. The van der Waals surface area contributed by atoms with Gasteiger partial charge in [-0.2, -0.15) is 8.78 Å². The van der Waals surface area contributed by atoms with Crippen molar-refractivity contribution in [1.29, 1.82) is 0 Å². The number of alkyl halides is 3. The van der Waals surface area contributed by atoms with E-state index >= 15 is 0 Å². The molecule has 8 heteroatoms. The van der Waals surface area contributed by atoms with Crippen LogP contribution in [0.5, 0.6) is 0 Å². The van der Waals surface area contributed by atoms with E-state index in [1.165, 1.54) is 0 Å². The Morgan fingerprint density at radius 2 is 1.45 bits per heavy atom. The highest BCUT2D eigenvalue weighted by Gasteiger charge is 2.35. The van der Waals surface area contributed by atoms with Gasteiger partial charge in [0.2, 0.25) is 9.84 Å². The quantitative estimate of drug-likeness (QED) is 0.628. The van der Waals surface area contributed by atoms with E-state index in [4.69, 9.17) is 0 Å². The van der Waals surface area contributed by atoms with Crippen molar-refractivity contribution < 1.29 is 30.4 Å². The van der Waals surface area contributed by atoms with Crippen molar-refractivity contribution in [3.63, 3.8) is 0 Å². The summed E-state index contributed by atoms with van der Waals surface area (Å²) in [6.45, 7) is -2.10. The predicted molar refractivity (Wildman–Crippen MR) is 68.1 cm³/mol. The lowest BCUT2D eigenvalue weighted by Crippen LogP contribution is -2.18. The van der Waals surface area contributed by atoms with Crippen LogP contribution in [0.4, 0.5) is 22.0 Å². The van der Waals surface area contributed by atoms with Crippen LogP contribution in [0.25, 0.3) is 0 Å². The topological polar surface area (TPSA) is 34.1 Å². The number of sulfone groups is 1. The summed E-state index contributed by atoms with van der Waals surface area (Å²) in [7, 11) is -4.19. The van der Waals surface area contributed by atoms with E-state index in [0.717, 1.165) is 30.3 Å². The van der Waals surface area contributed by atoms with Crippen LogP contribution in [0.1, 0.15) is 5.56 Å². The molecule has 0 fully saturated rings. The van der Waals surface area contributed by atoms with Crippen molar-refractivity contribution in [3.05, 3.63) is 59.7 Å². The summed E-state index contributed by atoms with van der Waals surface area (Å²) in [5, 5.41) is 0. The average Bonchev–Trinajstić information content (AvgIpc) is 2.47. The molecule has 0 bridgehead atoms. The van der Waals surface area contributed by atoms with Crippen LogP contribution >= 0.6 is 0 Å². The smallest absolute Gasteiger partial charge is 0.244 e. The van der Waals surface area contributed by atoms with E-state index < -0.39 is 44.5 Å². The zero-order valence-electron chi connectivity index (χ0n) is 10.9. The zero-order valence-corrected chi connectivity index (χ0v) is 11.7. The van der Waals surface area contributed by atoms with Gasteiger partial charge in [0.1, 0.15) is 11.6 Å². The van der Waals surface area contributed by atoms with Crippen LogP contribution in [0, 0.1) is 11.6 Å². The average molecular weight is 336 g/mol. The van der Waals surface area contributed by atoms with Gasteiger partial charge in [-0.3, -0.25) is 0 Å². The molecule has 0 spiro atoms. The Morgan fingerprint density at radius 3 is 1.95 bits per heavy atom. The fourth-order valence-corrected chi connectivity index (χ4v) is 3.05. The van der Waals surface area contributed by atoms with Crippen molar-refractivity contribution in [2.24, 2.45) is 0 Å². The first-order valence-electron chi connectivity index (χ1n) is 5.93. The zero-order chi connectivity index (χ0) is 16.5. The maximum Gasteiger partial charge on any atom is 0.303 e. The van der Waals surface area contributed by atoms with Crippen molar-refractivity contribution in [1.82, 2.24) is 0 Å². The van der Waals surface area contributed by atoms with Crippen LogP contribution in [0.15, 0.2) is 52.3 Å². The summed E-state index contributed by atoms with van der Waals surface area (Å²) >= 11 is 0. The van der Waals surface area contributed by atoms with Crippen molar-refractivity contribution in [2.75, 3.05) is 6.67 Å². The van der Waals surface area contributed by atoms with Crippen LogP contribution in [-0.2, 0) is 15.8 Å². The molecule has 0 saturated heterocycles. The third kappa shape index (κ3) is 2.96. The monoisotopic (exact) mass is 336 g/mol. The Kier molecular flexibility index (Phi) is 4.23. The lowest BCUT2D eigenvalue weighted by Gasteiger charge is -2.14. The van der Waals surface area contributed by atoms with E-state index in [1.54, 1.807) is 0 Å². The molecule has 2 aromatic rings. The minimum absolute atomic E-state index is 0.321. The summed E-state index contributed by atoms with van der Waals surface area (Å²) in [5.41, 5.74) is -1.23. The number of benzene rings is 2. The molecule has 0 aliphatic carbocycles. The van der Waals surface area contributed by atoms with E-state index in [-0.39, 0.29) is 4.90 Å². The van der Waals surface area contributed by atoms with Crippen LogP contribution in [0.2, 0.25) is 0 Å². The third-order valence-corrected chi connectivity index (χ3v) is 4.70. The molecular weight excluding hydrogens is 327 g/mol. The first-order valence-corrected chi connectivity index (χ1v) is 7.41. The highest BCUT2D eigenvalue weighted by molar-refractivity contribution is 7.91. The van der Waals surface area contributed by atoms with E-state index in [2.05, 4.69) is 0 Å². The lowest BCUT2D eigenvalue weighted by molar-refractivity contribution is -0.0312. The summed E-state index contributed by atoms with van der Waals surface area (Å²) in [5.74, 6) is -6.24. The largest absolute Gasteiger partial charge is 0.303 e. The summed E-state index contributed by atoms with van der Waals surface area (Å²) < 4.78 is 89.3. The Bertz CT molecular complexity index is 785. The molecule has 2 rings (SSSR count). The highest BCUT2D eigenvalue weighted by atomic mass is 32.2. The lowest BCUT2D eigenvalue weighted by atomic mass is 10.1. The number of hydrogen-bond acceptors (Lipinski definition) is 2. The van der Waals surface area contributed by atoms with Gasteiger partial charge in [0.05, 0.1) is 15.4 Å². The number of hydrogen-bond donors (Lipinski definition) is 0. The van der Waals surface area contributed by atoms with Gasteiger partial charge in [-0.15, -0.1) is 0 Å². The second-order valence-electron chi connectivity index (χ2n) is 4.44. The van der Waals surface area contributed by atoms with Gasteiger partial charge in [-0.05, 0) is 42.5 Å². The van der Waals surface area contributed by atoms with Gasteiger partial charge in [-0.25, -0.2) is 21.6 Å². The Hall–Kier alpha value is -1.96. The Morgan fingerprint density at radius 1 is 0.909 bits per heavy atom. The van der Waals surface area contributed by atoms with Crippen LogP contribution in [0.3, 0.4) is 0 Å². The molecule has 0 aliphatic heterocycles. The number of halogens is 5. The molecule has 0 aromatic heterocycles. The first kappa shape index (κ1) is 16.4. The highest BCUT2D eigenvalue weighted by Crippen LogP contribution is 2.32. The van der Waals surface area contributed by atoms with Crippen molar-refractivity contribution >= 4 is 9.84 Å². The summed E-state index contributed by atoms with van der Waals surface area (Å²) in [4.78, 5) is -0.909. The fourth-order valence-electron chi connectivity index (χ4n) is 1.78. The second kappa shape index (κ2) is 5.68. The van der Waals surface area contributed by atoms with Gasteiger partial charge in [0.15, 0.2) is 6.67 Å². The Balaban J connectivity index is 2.50. The van der Waals surface area contributed by atoms with E-state index in [9.17, 15) is 30.4 Å². The molecule has 2 nitrogen and oxygen atoms in total. The number of rotatable bonds is 4. The normalized spacial score (nSPS) is 12.4. The summed E-state index contributed by atoms with van der Waals surface area (Å²) in [6.07, 6.45) is 0. The first-order chi connectivity index (χ1) is 10.2. The van der Waals surface area contributed by atoms with Gasteiger partial charge in [0.25, 0.3) is 0 Å². The fraction of sp³-hybridized carbons (Fsp3) is 0.143. The predicted octanol–water partition coefficient (Wildman–Crippen LogP) is 3.86. The molecule has 0 amide bonds. The molecule has 22 heavy (non-hydrogen) atoms. The minimum Gasteiger partial charge on any atom is -0.244 e. The maximum atomic E-state index is 13.7. The third-order valence-electron chi connectivity index (χ3n) is 2.94. The van der Waals surface area contributed by atoms with Crippen molar-refractivity contribution in [2.45, 2.75) is 15.7 Å². The van der Waals surface area contributed by atoms with Gasteiger partial charge >= 0.3 is 5.92 Å². The van der Waals surface area contributed by atoms with Gasteiger partial charge in [-0.1, -0.05) is 0 Å². The molecule has 0 atom stereocenters. The van der Waals surface area contributed by atoms with Gasteiger partial charge < -0.3 is 0 Å². The van der Waals surface area contributed by atoms with E-state index in [1.807, 2.05) is 0 Å². The molecule has 0 radical (unpaired) electrons. The minimum atomic E-state index is -4.19. The molecule has 118 valence electrons. The molecule has 2 aromatic carbocycles. The second-order valence-corrected chi connectivity index (χ2v) is 6.39. The van der Waals surface area contributed by atoms with Crippen molar-refractivity contribution in [3.8, 4) is 0 Å². The van der Waals surface area contributed by atoms with Crippen LogP contribution in [-0.4, -0.2) is 15.1 Å². The molecule has 0 aliphatic rings. The molecule has 0 N–H and O–H groups in total. The SMILES string of the molecule is O=S(=O)(c1ccc(F)cc1)c1ccc(C(F)(F)CF)c(F)c1. The molecular formula is C14H9F5O2S. The molecule has 0 saturated carbocycles.